The molecule has 2 rings (SSSR count). The first kappa shape index (κ1) is 13.9. The van der Waals surface area contributed by atoms with Crippen LogP contribution in [-0.2, 0) is 16.1 Å². The summed E-state index contributed by atoms with van der Waals surface area (Å²) in [6.07, 6.45) is 0.780. The highest BCUT2D eigenvalue weighted by Crippen LogP contribution is 2.26. The van der Waals surface area contributed by atoms with E-state index < -0.39 is 0 Å². The zero-order valence-electron chi connectivity index (χ0n) is 11.8. The monoisotopic (exact) mass is 263 g/mol. The summed E-state index contributed by atoms with van der Waals surface area (Å²) in [6, 6.07) is 4.12. The van der Waals surface area contributed by atoms with Crippen LogP contribution in [0.15, 0.2) is 12.1 Å². The molecule has 1 heterocycles. The summed E-state index contributed by atoms with van der Waals surface area (Å²) in [4.78, 5) is 11.3. The Morgan fingerprint density at radius 1 is 1.42 bits per heavy atom. The first-order chi connectivity index (χ1) is 9.10. The molecule has 1 aromatic rings. The maximum Gasteiger partial charge on any atom is 0.219 e. The molecule has 4 nitrogen and oxygen atoms in total. The van der Waals surface area contributed by atoms with Crippen LogP contribution in [-0.4, -0.2) is 25.2 Å². The van der Waals surface area contributed by atoms with Crippen molar-refractivity contribution in [2.24, 2.45) is 0 Å². The van der Waals surface area contributed by atoms with E-state index in [1.807, 2.05) is 20.8 Å². The normalized spacial score (nSPS) is 17.1. The van der Waals surface area contributed by atoms with Crippen LogP contribution >= 0.6 is 0 Å². The predicted molar refractivity (Wildman–Crippen MR) is 73.3 cm³/mol. The van der Waals surface area contributed by atoms with Gasteiger partial charge in [0.25, 0.3) is 0 Å². The molecule has 1 aromatic carbocycles. The van der Waals surface area contributed by atoms with Gasteiger partial charge in [-0.15, -0.1) is 0 Å². The van der Waals surface area contributed by atoms with Gasteiger partial charge in [0.2, 0.25) is 5.91 Å². The topological polar surface area (TPSA) is 50.9 Å². The van der Waals surface area contributed by atoms with Crippen molar-refractivity contribution in [1.82, 2.24) is 5.32 Å². The van der Waals surface area contributed by atoms with Crippen molar-refractivity contribution in [3.05, 3.63) is 28.8 Å². The minimum Gasteiger partial charge on any atom is -0.490 e. The van der Waals surface area contributed by atoms with Crippen molar-refractivity contribution >= 4 is 5.91 Å². The minimum absolute atomic E-state index is 0.0708. The molecule has 1 aliphatic heterocycles. The zero-order valence-corrected chi connectivity index (χ0v) is 11.8. The van der Waals surface area contributed by atoms with Crippen LogP contribution in [0.1, 0.15) is 30.0 Å². The van der Waals surface area contributed by atoms with Crippen LogP contribution < -0.4 is 10.1 Å². The largest absolute Gasteiger partial charge is 0.490 e. The van der Waals surface area contributed by atoms with E-state index in [4.69, 9.17) is 9.47 Å². The highest BCUT2D eigenvalue weighted by Gasteiger charge is 2.23. The Morgan fingerprint density at radius 3 is 2.58 bits per heavy atom. The number of benzene rings is 1. The molecule has 4 heteroatoms. The smallest absolute Gasteiger partial charge is 0.219 e. The van der Waals surface area contributed by atoms with Gasteiger partial charge < -0.3 is 14.8 Å². The third-order valence-electron chi connectivity index (χ3n) is 3.15. The van der Waals surface area contributed by atoms with Crippen molar-refractivity contribution in [1.29, 1.82) is 0 Å². The third kappa shape index (κ3) is 3.96. The second-order valence-corrected chi connectivity index (χ2v) is 4.96. The Balaban J connectivity index is 2.00. The summed E-state index contributed by atoms with van der Waals surface area (Å²) in [5.74, 6) is 1.00. The van der Waals surface area contributed by atoms with Gasteiger partial charge in [-0.2, -0.15) is 0 Å². The molecule has 0 aliphatic carbocycles. The number of hydrogen-bond acceptors (Lipinski definition) is 3. The Hall–Kier alpha value is -1.55. The number of hydrogen-bond donors (Lipinski definition) is 1. The van der Waals surface area contributed by atoms with Gasteiger partial charge in [0, 0.05) is 13.0 Å². The molecule has 1 saturated heterocycles. The average Bonchev–Trinajstić information content (AvgIpc) is 3.19. The zero-order chi connectivity index (χ0) is 13.8. The maximum atomic E-state index is 11.3. The summed E-state index contributed by atoms with van der Waals surface area (Å²) >= 11 is 0. The van der Waals surface area contributed by atoms with Crippen LogP contribution in [0.3, 0.4) is 0 Å². The van der Waals surface area contributed by atoms with Gasteiger partial charge in [0.15, 0.2) is 0 Å². The number of carbonyl (C=O) groups is 1. The van der Waals surface area contributed by atoms with Crippen molar-refractivity contribution in [2.75, 3.05) is 13.2 Å². The number of nitrogens with one attached hydrogen (secondary N) is 1. The van der Waals surface area contributed by atoms with Gasteiger partial charge in [-0.1, -0.05) is 19.1 Å². The Morgan fingerprint density at radius 2 is 2.05 bits per heavy atom. The molecule has 104 valence electrons. The molecule has 19 heavy (non-hydrogen) atoms. The first-order valence-electron chi connectivity index (χ1n) is 6.71. The molecule has 0 aromatic heterocycles. The minimum atomic E-state index is 0.0708. The molecule has 1 aliphatic rings. The Kier molecular flexibility index (Phi) is 4.43. The fourth-order valence-corrected chi connectivity index (χ4v) is 2.04. The van der Waals surface area contributed by atoms with E-state index >= 15 is 0 Å². The van der Waals surface area contributed by atoms with E-state index in [0.29, 0.717) is 19.6 Å². The summed E-state index contributed by atoms with van der Waals surface area (Å²) in [5.41, 5.74) is 3.30. The lowest BCUT2D eigenvalue weighted by Gasteiger charge is -2.14. The van der Waals surface area contributed by atoms with E-state index in [1.54, 1.807) is 0 Å². The Bertz CT molecular complexity index is 443. The molecule has 1 amide bonds. The highest BCUT2D eigenvalue weighted by molar-refractivity contribution is 5.75. The van der Waals surface area contributed by atoms with E-state index in [9.17, 15) is 4.79 Å². The summed E-state index contributed by atoms with van der Waals surface area (Å²) in [5, 5.41) is 2.88. The van der Waals surface area contributed by atoms with Gasteiger partial charge in [-0.25, -0.2) is 0 Å². The number of amides is 1. The van der Waals surface area contributed by atoms with E-state index in [1.165, 1.54) is 0 Å². The third-order valence-corrected chi connectivity index (χ3v) is 3.15. The summed E-state index contributed by atoms with van der Waals surface area (Å²) in [6.45, 7) is 7.90. The van der Waals surface area contributed by atoms with Gasteiger partial charge in [-0.3, -0.25) is 4.79 Å². The van der Waals surface area contributed by atoms with Crippen molar-refractivity contribution < 1.29 is 14.3 Å². The van der Waals surface area contributed by atoms with Crippen LogP contribution in [0, 0.1) is 13.8 Å². The molecule has 0 bridgehead atoms. The standard InChI is InChI=1S/C15H21NO3/c1-4-14(17)16-7-12-5-10(2)15(11(3)6-12)19-9-13-8-18-13/h5-6,13H,4,7-9H2,1-3H3,(H,16,17). The second kappa shape index (κ2) is 6.06. The van der Waals surface area contributed by atoms with E-state index in [0.717, 1.165) is 29.0 Å². The van der Waals surface area contributed by atoms with Gasteiger partial charge in [0.1, 0.15) is 18.5 Å². The second-order valence-electron chi connectivity index (χ2n) is 4.96. The number of rotatable bonds is 6. The maximum absolute atomic E-state index is 11.3. The van der Waals surface area contributed by atoms with Gasteiger partial charge in [-0.05, 0) is 30.5 Å². The Labute approximate surface area is 114 Å². The van der Waals surface area contributed by atoms with Crippen molar-refractivity contribution in [3.8, 4) is 5.75 Å². The van der Waals surface area contributed by atoms with Crippen LogP contribution in [0.5, 0.6) is 5.75 Å². The molecular formula is C15H21NO3. The molecular weight excluding hydrogens is 242 g/mol. The number of ether oxygens (including phenoxy) is 2. The van der Waals surface area contributed by atoms with Gasteiger partial charge >= 0.3 is 0 Å². The molecule has 1 N–H and O–H groups in total. The summed E-state index contributed by atoms with van der Waals surface area (Å²) in [7, 11) is 0. The molecule has 0 radical (unpaired) electrons. The molecule has 1 atom stereocenters. The summed E-state index contributed by atoms with van der Waals surface area (Å²) < 4.78 is 10.9. The average molecular weight is 263 g/mol. The molecule has 1 fully saturated rings. The highest BCUT2D eigenvalue weighted by atomic mass is 16.6. The number of epoxide rings is 1. The van der Waals surface area contributed by atoms with Crippen LogP contribution in [0.25, 0.3) is 0 Å². The first-order valence-corrected chi connectivity index (χ1v) is 6.71. The predicted octanol–water partition coefficient (Wildman–Crippen LogP) is 2.11. The van der Waals surface area contributed by atoms with Crippen LogP contribution in [0.4, 0.5) is 0 Å². The number of carbonyl (C=O) groups excluding carboxylic acids is 1. The van der Waals surface area contributed by atoms with Gasteiger partial charge in [0.05, 0.1) is 6.61 Å². The van der Waals surface area contributed by atoms with Crippen molar-refractivity contribution in [3.63, 3.8) is 0 Å². The molecule has 0 saturated carbocycles. The van der Waals surface area contributed by atoms with E-state index in [-0.39, 0.29) is 12.0 Å². The lowest BCUT2D eigenvalue weighted by Crippen LogP contribution is -2.21. The SMILES string of the molecule is CCC(=O)NCc1cc(C)c(OCC2CO2)c(C)c1. The number of aryl methyl sites for hydroxylation is 2. The van der Waals surface area contributed by atoms with Crippen LogP contribution in [0.2, 0.25) is 0 Å². The lowest BCUT2D eigenvalue weighted by molar-refractivity contribution is -0.120. The lowest BCUT2D eigenvalue weighted by atomic mass is 10.1. The molecule has 1 unspecified atom stereocenters. The fraction of sp³-hybridized carbons (Fsp3) is 0.533. The van der Waals surface area contributed by atoms with Crippen molar-refractivity contribution in [2.45, 2.75) is 39.8 Å². The fourth-order valence-electron chi connectivity index (χ4n) is 2.04. The quantitative estimate of drug-likeness (QED) is 0.800. The van der Waals surface area contributed by atoms with E-state index in [2.05, 4.69) is 17.4 Å². The molecule has 0 spiro atoms.